The van der Waals surface area contributed by atoms with E-state index in [4.69, 9.17) is 4.74 Å². The van der Waals surface area contributed by atoms with E-state index in [0.717, 1.165) is 18.4 Å². The van der Waals surface area contributed by atoms with Crippen LogP contribution in [-0.2, 0) is 9.84 Å². The summed E-state index contributed by atoms with van der Waals surface area (Å²) in [6.07, 6.45) is 2.16. The van der Waals surface area contributed by atoms with Crippen LogP contribution >= 0.6 is 0 Å². The minimum atomic E-state index is -3.57. The predicted octanol–water partition coefficient (Wildman–Crippen LogP) is 4.56. The first kappa shape index (κ1) is 20.9. The van der Waals surface area contributed by atoms with Gasteiger partial charge in [-0.25, -0.2) is 8.42 Å². The Balaban J connectivity index is 2.27. The van der Waals surface area contributed by atoms with Crippen LogP contribution in [0.15, 0.2) is 53.4 Å². The van der Waals surface area contributed by atoms with Gasteiger partial charge in [-0.05, 0) is 42.2 Å². The van der Waals surface area contributed by atoms with E-state index < -0.39 is 27.1 Å². The first-order chi connectivity index (χ1) is 13.5. The maximum atomic E-state index is 13.7. The minimum Gasteiger partial charge on any atom is -0.497 e. The van der Waals surface area contributed by atoms with Gasteiger partial charge in [0.25, 0.3) is 0 Å². The zero-order valence-electron chi connectivity index (χ0n) is 16.8. The Morgan fingerprint density at radius 2 is 1.79 bits per heavy atom. The van der Waals surface area contributed by atoms with E-state index >= 15 is 0 Å². The van der Waals surface area contributed by atoms with Crippen molar-refractivity contribution in [2.45, 2.75) is 61.7 Å². The highest BCUT2D eigenvalue weighted by Gasteiger charge is 2.46. The van der Waals surface area contributed by atoms with E-state index in [1.54, 1.807) is 25.3 Å². The van der Waals surface area contributed by atoms with E-state index in [1.807, 2.05) is 37.3 Å². The first-order valence-corrected chi connectivity index (χ1v) is 11.6. The van der Waals surface area contributed by atoms with Crippen molar-refractivity contribution in [3.05, 3.63) is 59.7 Å². The van der Waals surface area contributed by atoms with E-state index in [0.29, 0.717) is 29.1 Å². The summed E-state index contributed by atoms with van der Waals surface area (Å²) in [6, 6.07) is 14.8. The lowest BCUT2D eigenvalue weighted by Gasteiger charge is -2.31. The Morgan fingerprint density at radius 3 is 2.39 bits per heavy atom. The SMILES string of the molecule is CCCCC1C(CC)C(O)C(c2ccccc2)c2cc(OC)ccc2S1(=O)=O. The van der Waals surface area contributed by atoms with Crippen LogP contribution in [0.4, 0.5) is 0 Å². The lowest BCUT2D eigenvalue weighted by Crippen LogP contribution is -2.37. The van der Waals surface area contributed by atoms with Crippen LogP contribution in [0.2, 0.25) is 0 Å². The fourth-order valence-corrected chi connectivity index (χ4v) is 6.90. The molecule has 1 aliphatic heterocycles. The smallest absolute Gasteiger partial charge is 0.181 e. The molecule has 4 unspecified atom stereocenters. The van der Waals surface area contributed by atoms with Gasteiger partial charge < -0.3 is 9.84 Å². The van der Waals surface area contributed by atoms with Crippen molar-refractivity contribution in [1.29, 1.82) is 0 Å². The summed E-state index contributed by atoms with van der Waals surface area (Å²) in [5.74, 6) is -0.125. The Morgan fingerprint density at radius 1 is 1.07 bits per heavy atom. The van der Waals surface area contributed by atoms with Crippen molar-refractivity contribution < 1.29 is 18.3 Å². The molecule has 4 atom stereocenters. The van der Waals surface area contributed by atoms with Gasteiger partial charge in [-0.2, -0.15) is 0 Å². The second-order valence-corrected chi connectivity index (χ2v) is 9.72. The van der Waals surface area contributed by atoms with Gasteiger partial charge in [-0.1, -0.05) is 57.0 Å². The summed E-state index contributed by atoms with van der Waals surface area (Å²) in [5, 5.41) is 10.9. The van der Waals surface area contributed by atoms with Gasteiger partial charge in [-0.3, -0.25) is 0 Å². The fourth-order valence-electron chi connectivity index (χ4n) is 4.52. The average Bonchev–Trinajstić information content (AvgIpc) is 2.77. The number of methoxy groups -OCH3 is 1. The molecule has 3 rings (SSSR count). The predicted molar refractivity (Wildman–Crippen MR) is 112 cm³/mol. The topological polar surface area (TPSA) is 63.6 Å². The zero-order chi connectivity index (χ0) is 20.3. The number of sulfone groups is 1. The number of aliphatic hydroxyl groups is 1. The van der Waals surface area contributed by atoms with Crippen molar-refractivity contribution >= 4 is 9.84 Å². The summed E-state index contributed by atoms with van der Waals surface area (Å²) < 4.78 is 32.7. The van der Waals surface area contributed by atoms with E-state index in [-0.39, 0.29) is 5.92 Å². The number of unbranched alkanes of at least 4 members (excludes halogenated alkanes) is 1. The number of ether oxygens (including phenoxy) is 1. The van der Waals surface area contributed by atoms with Gasteiger partial charge >= 0.3 is 0 Å². The van der Waals surface area contributed by atoms with Crippen LogP contribution < -0.4 is 4.74 Å². The van der Waals surface area contributed by atoms with Crippen LogP contribution in [0.3, 0.4) is 0 Å². The molecule has 0 amide bonds. The number of fused-ring (bicyclic) bond motifs is 1. The molecule has 0 aromatic heterocycles. The molecule has 0 bridgehead atoms. The maximum absolute atomic E-state index is 13.7. The molecule has 0 saturated carbocycles. The molecule has 5 heteroatoms. The quantitative estimate of drug-likeness (QED) is 0.769. The highest BCUT2D eigenvalue weighted by molar-refractivity contribution is 7.92. The van der Waals surface area contributed by atoms with Gasteiger partial charge in [0.2, 0.25) is 0 Å². The second kappa shape index (κ2) is 8.66. The summed E-state index contributed by atoms with van der Waals surface area (Å²) in [7, 11) is -2.00. The number of hydrogen-bond acceptors (Lipinski definition) is 4. The monoisotopic (exact) mass is 402 g/mol. The molecule has 1 aliphatic rings. The number of rotatable bonds is 6. The Labute approximate surface area is 168 Å². The van der Waals surface area contributed by atoms with E-state index in [2.05, 4.69) is 6.92 Å². The van der Waals surface area contributed by atoms with Crippen molar-refractivity contribution in [2.75, 3.05) is 7.11 Å². The minimum absolute atomic E-state index is 0.319. The third-order valence-electron chi connectivity index (χ3n) is 5.99. The van der Waals surface area contributed by atoms with E-state index in [9.17, 15) is 13.5 Å². The molecule has 28 heavy (non-hydrogen) atoms. The molecule has 0 radical (unpaired) electrons. The molecule has 1 N–H and O–H groups in total. The van der Waals surface area contributed by atoms with E-state index in [1.165, 1.54) is 0 Å². The average molecular weight is 403 g/mol. The molecular weight excluding hydrogens is 372 g/mol. The lowest BCUT2D eigenvalue weighted by atomic mass is 9.78. The molecular formula is C23H30O4S. The molecule has 152 valence electrons. The molecule has 0 fully saturated rings. The zero-order valence-corrected chi connectivity index (χ0v) is 17.7. The van der Waals surface area contributed by atoms with Gasteiger partial charge in [0.05, 0.1) is 23.4 Å². The van der Waals surface area contributed by atoms with Crippen molar-refractivity contribution in [3.63, 3.8) is 0 Å². The molecule has 4 nitrogen and oxygen atoms in total. The van der Waals surface area contributed by atoms with Crippen molar-refractivity contribution in [3.8, 4) is 5.75 Å². The van der Waals surface area contributed by atoms with Gasteiger partial charge in [0, 0.05) is 11.8 Å². The maximum Gasteiger partial charge on any atom is 0.181 e. The van der Waals surface area contributed by atoms with Crippen LogP contribution in [0.1, 0.15) is 56.6 Å². The lowest BCUT2D eigenvalue weighted by molar-refractivity contribution is 0.0860. The number of aliphatic hydroxyl groups excluding tert-OH is 1. The van der Waals surface area contributed by atoms with Gasteiger partial charge in [0.15, 0.2) is 9.84 Å². The summed E-state index contributed by atoms with van der Waals surface area (Å²) in [5.41, 5.74) is 1.56. The highest BCUT2D eigenvalue weighted by Crippen LogP contribution is 2.45. The third-order valence-corrected chi connectivity index (χ3v) is 8.35. The first-order valence-electron chi connectivity index (χ1n) is 10.1. The summed E-state index contributed by atoms with van der Waals surface area (Å²) >= 11 is 0. The third kappa shape index (κ3) is 3.70. The highest BCUT2D eigenvalue weighted by atomic mass is 32.2. The molecule has 2 aromatic carbocycles. The Kier molecular flexibility index (Phi) is 6.46. The van der Waals surface area contributed by atoms with Crippen molar-refractivity contribution in [1.82, 2.24) is 0 Å². The Hall–Kier alpha value is -1.85. The summed E-state index contributed by atoms with van der Waals surface area (Å²) in [6.45, 7) is 4.03. The largest absolute Gasteiger partial charge is 0.497 e. The van der Waals surface area contributed by atoms with Crippen LogP contribution in [-0.4, -0.2) is 32.0 Å². The molecule has 1 heterocycles. The van der Waals surface area contributed by atoms with Gasteiger partial charge in [-0.15, -0.1) is 0 Å². The number of benzene rings is 2. The van der Waals surface area contributed by atoms with Crippen LogP contribution in [0.5, 0.6) is 5.75 Å². The molecule has 2 aromatic rings. The molecule has 0 saturated heterocycles. The standard InChI is InChI=1S/C23H30O4S/c1-4-6-12-20-18(5-2)23(24)22(16-10-8-7-9-11-16)19-15-17(27-3)13-14-21(19)28(20,25)26/h7-11,13-15,18,20,22-24H,4-6,12H2,1-3H3. The van der Waals surface area contributed by atoms with Crippen molar-refractivity contribution in [2.24, 2.45) is 5.92 Å². The Bertz CT molecular complexity index is 892. The van der Waals surface area contributed by atoms with Crippen LogP contribution in [0, 0.1) is 5.92 Å². The van der Waals surface area contributed by atoms with Gasteiger partial charge in [0.1, 0.15) is 5.75 Å². The summed E-state index contributed by atoms with van der Waals surface area (Å²) in [4.78, 5) is 0.332. The molecule has 0 aliphatic carbocycles. The normalized spacial score (nSPS) is 26.3. The number of hydrogen-bond donors (Lipinski definition) is 1. The molecule has 0 spiro atoms. The second-order valence-electron chi connectivity index (χ2n) is 7.58. The fraction of sp³-hybridized carbons (Fsp3) is 0.478. The van der Waals surface area contributed by atoms with Crippen LogP contribution in [0.25, 0.3) is 0 Å².